The van der Waals surface area contributed by atoms with Crippen molar-refractivity contribution < 1.29 is 0 Å². The maximum absolute atomic E-state index is 6.14. The van der Waals surface area contributed by atoms with Crippen LogP contribution in [0.4, 0.5) is 0 Å². The Morgan fingerprint density at radius 2 is 2.17 bits per heavy atom. The molecule has 0 aromatic carbocycles. The number of fused-ring (bicyclic) bond motifs is 1. The van der Waals surface area contributed by atoms with Crippen molar-refractivity contribution in [2.75, 3.05) is 14.1 Å². The van der Waals surface area contributed by atoms with Gasteiger partial charge in [-0.3, -0.25) is 4.40 Å². The minimum absolute atomic E-state index is 0.532. The van der Waals surface area contributed by atoms with Crippen LogP contribution in [0.1, 0.15) is 24.6 Å². The SMILES string of the molecule is CN(C)C1CC(c2nc(I)c3c(Cl)nccn23)C1. The van der Waals surface area contributed by atoms with E-state index in [-0.39, 0.29) is 0 Å². The van der Waals surface area contributed by atoms with E-state index < -0.39 is 0 Å². The quantitative estimate of drug-likeness (QED) is 0.756. The van der Waals surface area contributed by atoms with Gasteiger partial charge in [-0.05, 0) is 49.5 Å². The van der Waals surface area contributed by atoms with Crippen molar-refractivity contribution in [3.8, 4) is 0 Å². The van der Waals surface area contributed by atoms with Crippen LogP contribution in [0.2, 0.25) is 5.15 Å². The Bertz CT molecular complexity index is 589. The van der Waals surface area contributed by atoms with E-state index >= 15 is 0 Å². The molecule has 96 valence electrons. The topological polar surface area (TPSA) is 33.4 Å². The highest BCUT2D eigenvalue weighted by Crippen LogP contribution is 2.39. The zero-order valence-corrected chi connectivity index (χ0v) is 13.2. The van der Waals surface area contributed by atoms with Crippen LogP contribution in [0.3, 0.4) is 0 Å². The molecule has 0 bridgehead atoms. The van der Waals surface area contributed by atoms with Gasteiger partial charge in [-0.15, -0.1) is 0 Å². The summed E-state index contributed by atoms with van der Waals surface area (Å²) in [6, 6.07) is 0.678. The van der Waals surface area contributed by atoms with Gasteiger partial charge >= 0.3 is 0 Å². The number of halogens is 2. The van der Waals surface area contributed by atoms with Gasteiger partial charge in [0.25, 0.3) is 0 Å². The predicted octanol–water partition coefficient (Wildman–Crippen LogP) is 2.79. The monoisotopic (exact) mass is 376 g/mol. The fourth-order valence-electron chi connectivity index (χ4n) is 2.49. The van der Waals surface area contributed by atoms with Crippen LogP contribution in [-0.2, 0) is 0 Å². The van der Waals surface area contributed by atoms with Crippen molar-refractivity contribution >= 4 is 39.7 Å². The summed E-state index contributed by atoms with van der Waals surface area (Å²) in [6.45, 7) is 0. The smallest absolute Gasteiger partial charge is 0.155 e. The minimum atomic E-state index is 0.532. The van der Waals surface area contributed by atoms with Crippen molar-refractivity contribution in [3.63, 3.8) is 0 Å². The lowest BCUT2D eigenvalue weighted by Crippen LogP contribution is -2.39. The molecule has 1 aliphatic carbocycles. The number of hydrogen-bond acceptors (Lipinski definition) is 3. The van der Waals surface area contributed by atoms with E-state index in [0.29, 0.717) is 17.1 Å². The summed E-state index contributed by atoms with van der Waals surface area (Å²) in [4.78, 5) is 11.1. The van der Waals surface area contributed by atoms with E-state index in [1.54, 1.807) is 6.20 Å². The first-order valence-corrected chi connectivity index (χ1v) is 7.38. The van der Waals surface area contributed by atoms with Crippen molar-refractivity contribution in [1.29, 1.82) is 0 Å². The summed E-state index contributed by atoms with van der Waals surface area (Å²) >= 11 is 8.37. The molecule has 0 unspecified atom stereocenters. The molecule has 0 radical (unpaired) electrons. The van der Waals surface area contributed by atoms with Gasteiger partial charge in [0.15, 0.2) is 5.15 Å². The first-order chi connectivity index (χ1) is 8.58. The van der Waals surface area contributed by atoms with Gasteiger partial charge in [0.2, 0.25) is 0 Å². The molecule has 0 aliphatic heterocycles. The van der Waals surface area contributed by atoms with E-state index in [4.69, 9.17) is 11.6 Å². The summed E-state index contributed by atoms with van der Waals surface area (Å²) in [5.74, 6) is 1.66. The first-order valence-electron chi connectivity index (χ1n) is 5.92. The summed E-state index contributed by atoms with van der Waals surface area (Å²) in [5.41, 5.74) is 0.933. The normalized spacial score (nSPS) is 23.6. The molecule has 1 aliphatic rings. The highest BCUT2D eigenvalue weighted by atomic mass is 127. The fourth-order valence-corrected chi connectivity index (χ4v) is 3.65. The zero-order valence-electron chi connectivity index (χ0n) is 10.3. The average molecular weight is 377 g/mol. The average Bonchev–Trinajstić information content (AvgIpc) is 2.55. The van der Waals surface area contributed by atoms with Gasteiger partial charge in [0, 0.05) is 24.4 Å². The fraction of sp³-hybridized carbons (Fsp3) is 0.500. The minimum Gasteiger partial charge on any atom is -0.306 e. The second kappa shape index (κ2) is 4.61. The van der Waals surface area contributed by atoms with E-state index in [0.717, 1.165) is 15.0 Å². The van der Waals surface area contributed by atoms with Crippen LogP contribution in [0.5, 0.6) is 0 Å². The van der Waals surface area contributed by atoms with E-state index in [2.05, 4.69) is 56.0 Å². The van der Waals surface area contributed by atoms with Gasteiger partial charge in [0.1, 0.15) is 15.0 Å². The Hall–Kier alpha value is -0.400. The van der Waals surface area contributed by atoms with Gasteiger partial charge in [0.05, 0.1) is 0 Å². The lowest BCUT2D eigenvalue weighted by molar-refractivity contribution is 0.161. The van der Waals surface area contributed by atoms with Crippen molar-refractivity contribution in [3.05, 3.63) is 27.1 Å². The van der Waals surface area contributed by atoms with Crippen LogP contribution in [-0.4, -0.2) is 39.4 Å². The molecular weight excluding hydrogens is 363 g/mol. The summed E-state index contributed by atoms with van der Waals surface area (Å²) in [7, 11) is 4.27. The lowest BCUT2D eigenvalue weighted by atomic mass is 9.79. The molecule has 2 aromatic rings. The number of imidazole rings is 1. The van der Waals surface area contributed by atoms with Gasteiger partial charge in [-0.2, -0.15) is 0 Å². The van der Waals surface area contributed by atoms with Gasteiger partial charge < -0.3 is 4.90 Å². The molecule has 0 amide bonds. The van der Waals surface area contributed by atoms with Gasteiger partial charge in [-0.25, -0.2) is 9.97 Å². The van der Waals surface area contributed by atoms with Crippen LogP contribution in [0.15, 0.2) is 12.4 Å². The van der Waals surface area contributed by atoms with Crippen LogP contribution in [0.25, 0.3) is 5.52 Å². The van der Waals surface area contributed by atoms with Crippen LogP contribution in [0, 0.1) is 3.70 Å². The molecule has 1 saturated carbocycles. The Labute approximate surface area is 124 Å². The molecule has 6 heteroatoms. The third-order valence-corrected chi connectivity index (χ3v) is 4.73. The molecule has 4 nitrogen and oxygen atoms in total. The third kappa shape index (κ3) is 1.92. The van der Waals surface area contributed by atoms with Crippen LogP contribution < -0.4 is 0 Å². The van der Waals surface area contributed by atoms with Crippen molar-refractivity contribution in [2.24, 2.45) is 0 Å². The number of hydrogen-bond donors (Lipinski definition) is 0. The molecule has 3 rings (SSSR count). The van der Waals surface area contributed by atoms with E-state index in [1.165, 1.54) is 12.8 Å². The second-order valence-corrected chi connectivity index (χ2v) is 6.36. The summed E-state index contributed by atoms with van der Waals surface area (Å²) in [6.07, 6.45) is 6.03. The largest absolute Gasteiger partial charge is 0.306 e. The number of nitrogens with zero attached hydrogens (tertiary/aromatic N) is 4. The molecule has 18 heavy (non-hydrogen) atoms. The highest BCUT2D eigenvalue weighted by molar-refractivity contribution is 14.1. The maximum Gasteiger partial charge on any atom is 0.155 e. The predicted molar refractivity (Wildman–Crippen MR) is 80.2 cm³/mol. The molecule has 0 N–H and O–H groups in total. The Kier molecular flexibility index (Phi) is 3.23. The van der Waals surface area contributed by atoms with Gasteiger partial charge in [-0.1, -0.05) is 11.6 Å². The Morgan fingerprint density at radius 1 is 1.44 bits per heavy atom. The third-order valence-electron chi connectivity index (χ3n) is 3.70. The number of rotatable bonds is 2. The zero-order chi connectivity index (χ0) is 12.9. The second-order valence-electron chi connectivity index (χ2n) is 4.98. The molecule has 2 aromatic heterocycles. The molecule has 1 fully saturated rings. The van der Waals surface area contributed by atoms with E-state index in [1.807, 2.05) is 6.20 Å². The molecule has 0 saturated heterocycles. The van der Waals surface area contributed by atoms with Crippen molar-refractivity contribution in [2.45, 2.75) is 24.8 Å². The molecule has 2 heterocycles. The number of aromatic nitrogens is 3. The standard InChI is InChI=1S/C12H14ClIN4/c1-17(2)8-5-7(6-8)12-16-11(14)9-10(13)15-3-4-18(9)12/h3-4,7-8H,5-6H2,1-2H3. The Morgan fingerprint density at radius 3 is 2.83 bits per heavy atom. The maximum atomic E-state index is 6.14. The first kappa shape index (κ1) is 12.6. The highest BCUT2D eigenvalue weighted by Gasteiger charge is 2.35. The summed E-state index contributed by atoms with van der Waals surface area (Å²) in [5, 5.41) is 0.532. The molecule has 0 atom stereocenters. The summed E-state index contributed by atoms with van der Waals surface area (Å²) < 4.78 is 3.03. The lowest BCUT2D eigenvalue weighted by Gasteiger charge is -2.38. The Balaban J connectivity index is 1.97. The van der Waals surface area contributed by atoms with Crippen molar-refractivity contribution in [1.82, 2.24) is 19.3 Å². The van der Waals surface area contributed by atoms with E-state index in [9.17, 15) is 0 Å². The molecular formula is C12H14ClIN4. The van der Waals surface area contributed by atoms with Crippen LogP contribution >= 0.6 is 34.2 Å². The molecule has 0 spiro atoms.